The first-order valence-corrected chi connectivity index (χ1v) is 7.45. The summed E-state index contributed by atoms with van der Waals surface area (Å²) in [5.41, 5.74) is 0.476. The molecule has 1 aliphatic heterocycles. The number of nitrogens with one attached hydrogen (secondary N) is 1. The first kappa shape index (κ1) is 14.5. The highest BCUT2D eigenvalue weighted by atomic mass is 19.1. The molecule has 0 unspecified atom stereocenters. The summed E-state index contributed by atoms with van der Waals surface area (Å²) in [6, 6.07) is 11.7. The Kier molecular flexibility index (Phi) is 4.32. The summed E-state index contributed by atoms with van der Waals surface area (Å²) in [7, 11) is 0. The van der Waals surface area contributed by atoms with Crippen LogP contribution in [0.5, 0.6) is 0 Å². The lowest BCUT2D eigenvalue weighted by molar-refractivity contribution is 0.0951. The second kappa shape index (κ2) is 6.56. The molecular weight excluding hydrogens is 281 g/mol. The second-order valence-electron chi connectivity index (χ2n) is 5.39. The number of carbonyl (C=O) groups excluding carboxylic acids is 1. The Bertz CT molecular complexity index is 630. The number of amides is 1. The summed E-state index contributed by atoms with van der Waals surface area (Å²) >= 11 is 0. The molecule has 0 radical (unpaired) electrons. The summed E-state index contributed by atoms with van der Waals surface area (Å²) in [6.45, 7) is 1.51. The van der Waals surface area contributed by atoms with Gasteiger partial charge in [0.05, 0.1) is 0 Å². The van der Waals surface area contributed by atoms with Gasteiger partial charge in [-0.15, -0.1) is 0 Å². The molecule has 5 heteroatoms. The first-order chi connectivity index (χ1) is 10.7. The zero-order valence-electron chi connectivity index (χ0n) is 12.2. The molecule has 1 amide bonds. The third-order valence-corrected chi connectivity index (χ3v) is 3.93. The van der Waals surface area contributed by atoms with Gasteiger partial charge in [-0.3, -0.25) is 4.79 Å². The van der Waals surface area contributed by atoms with Crippen molar-refractivity contribution in [2.24, 2.45) is 0 Å². The van der Waals surface area contributed by atoms with Crippen molar-refractivity contribution in [1.29, 1.82) is 0 Å². The van der Waals surface area contributed by atoms with Crippen molar-refractivity contribution in [3.05, 3.63) is 60.0 Å². The number of hydrogen-bond acceptors (Lipinski definition) is 3. The van der Waals surface area contributed by atoms with Crippen LogP contribution < -0.4 is 10.2 Å². The molecule has 1 fully saturated rings. The summed E-state index contributed by atoms with van der Waals surface area (Å²) in [5, 5.41) is 2.93. The predicted octanol–water partition coefficient (Wildman–Crippen LogP) is 2.62. The van der Waals surface area contributed by atoms with E-state index in [4.69, 9.17) is 0 Å². The van der Waals surface area contributed by atoms with Gasteiger partial charge in [-0.1, -0.05) is 6.07 Å². The minimum absolute atomic E-state index is 0.173. The van der Waals surface area contributed by atoms with E-state index in [1.165, 1.54) is 24.3 Å². The maximum Gasteiger partial charge on any atom is 0.251 e. The number of nitrogens with zero attached hydrogens (tertiary/aromatic N) is 2. The maximum absolute atomic E-state index is 12.9. The molecule has 22 heavy (non-hydrogen) atoms. The fourth-order valence-electron chi connectivity index (χ4n) is 2.79. The molecule has 0 aliphatic carbocycles. The van der Waals surface area contributed by atoms with E-state index in [9.17, 15) is 9.18 Å². The SMILES string of the molecule is O=C(NC[C@H]1CCCN1c1ccccn1)c1ccc(F)cc1. The summed E-state index contributed by atoms with van der Waals surface area (Å²) in [4.78, 5) is 18.7. The van der Waals surface area contributed by atoms with Crippen molar-refractivity contribution in [3.8, 4) is 0 Å². The van der Waals surface area contributed by atoms with Crippen LogP contribution in [-0.4, -0.2) is 30.0 Å². The van der Waals surface area contributed by atoms with Crippen molar-refractivity contribution in [2.45, 2.75) is 18.9 Å². The predicted molar refractivity (Wildman–Crippen MR) is 83.3 cm³/mol. The van der Waals surface area contributed by atoms with Crippen molar-refractivity contribution < 1.29 is 9.18 Å². The molecule has 0 bridgehead atoms. The molecule has 2 heterocycles. The fraction of sp³-hybridized carbons (Fsp3) is 0.294. The lowest BCUT2D eigenvalue weighted by atomic mass is 10.2. The molecule has 1 N–H and O–H groups in total. The number of rotatable bonds is 4. The van der Waals surface area contributed by atoms with Gasteiger partial charge in [0.15, 0.2) is 0 Å². The smallest absolute Gasteiger partial charge is 0.251 e. The van der Waals surface area contributed by atoms with Gasteiger partial charge in [0.2, 0.25) is 0 Å². The zero-order valence-corrected chi connectivity index (χ0v) is 12.2. The minimum atomic E-state index is -0.339. The molecule has 4 nitrogen and oxygen atoms in total. The summed E-state index contributed by atoms with van der Waals surface area (Å²) < 4.78 is 12.9. The van der Waals surface area contributed by atoms with Crippen molar-refractivity contribution in [3.63, 3.8) is 0 Å². The van der Waals surface area contributed by atoms with Gasteiger partial charge >= 0.3 is 0 Å². The molecule has 0 saturated carbocycles. The molecule has 1 aromatic heterocycles. The Morgan fingerprint density at radius 2 is 2.09 bits per heavy atom. The third kappa shape index (κ3) is 3.24. The summed E-state index contributed by atoms with van der Waals surface area (Å²) in [5.74, 6) is 0.433. The normalized spacial score (nSPS) is 17.5. The lowest BCUT2D eigenvalue weighted by Crippen LogP contribution is -2.40. The number of benzene rings is 1. The van der Waals surface area contributed by atoms with E-state index in [-0.39, 0.29) is 17.8 Å². The molecular formula is C17H18FN3O. The highest BCUT2D eigenvalue weighted by Gasteiger charge is 2.25. The quantitative estimate of drug-likeness (QED) is 0.944. The third-order valence-electron chi connectivity index (χ3n) is 3.93. The average molecular weight is 299 g/mol. The Labute approximate surface area is 129 Å². The van der Waals surface area contributed by atoms with E-state index in [1.807, 2.05) is 18.2 Å². The Hall–Kier alpha value is -2.43. The summed E-state index contributed by atoms with van der Waals surface area (Å²) in [6.07, 6.45) is 3.90. The van der Waals surface area contributed by atoms with Crippen molar-refractivity contribution in [2.75, 3.05) is 18.0 Å². The number of halogens is 1. The van der Waals surface area contributed by atoms with Crippen LogP contribution in [0.25, 0.3) is 0 Å². The lowest BCUT2D eigenvalue weighted by Gasteiger charge is -2.25. The van der Waals surface area contributed by atoms with Gasteiger partial charge in [0.25, 0.3) is 5.91 Å². The van der Waals surface area contributed by atoms with Crippen molar-refractivity contribution in [1.82, 2.24) is 10.3 Å². The van der Waals surface area contributed by atoms with Gasteiger partial charge in [0.1, 0.15) is 11.6 Å². The van der Waals surface area contributed by atoms with Crippen LogP contribution in [0, 0.1) is 5.82 Å². The Balaban J connectivity index is 1.61. The second-order valence-corrected chi connectivity index (χ2v) is 5.39. The van der Waals surface area contributed by atoms with E-state index < -0.39 is 0 Å². The van der Waals surface area contributed by atoms with Crippen molar-refractivity contribution >= 4 is 11.7 Å². The van der Waals surface area contributed by atoms with E-state index >= 15 is 0 Å². The maximum atomic E-state index is 12.9. The highest BCUT2D eigenvalue weighted by Crippen LogP contribution is 2.22. The van der Waals surface area contributed by atoms with Gasteiger partial charge in [0, 0.05) is 30.9 Å². The number of anilines is 1. The minimum Gasteiger partial charge on any atom is -0.352 e. The molecule has 2 aromatic rings. The van der Waals surface area contributed by atoms with Crippen LogP contribution in [-0.2, 0) is 0 Å². The van der Waals surface area contributed by atoms with E-state index in [2.05, 4.69) is 15.2 Å². The molecule has 1 aliphatic rings. The van der Waals surface area contributed by atoms with E-state index in [1.54, 1.807) is 6.20 Å². The fourth-order valence-corrected chi connectivity index (χ4v) is 2.79. The van der Waals surface area contributed by atoms with E-state index in [0.29, 0.717) is 12.1 Å². The average Bonchev–Trinajstić information content (AvgIpc) is 3.02. The number of hydrogen-bond donors (Lipinski definition) is 1. The zero-order chi connectivity index (χ0) is 15.4. The van der Waals surface area contributed by atoms with Gasteiger partial charge in [-0.2, -0.15) is 0 Å². The largest absolute Gasteiger partial charge is 0.352 e. The molecule has 0 spiro atoms. The number of pyridine rings is 1. The molecule has 1 aromatic carbocycles. The monoisotopic (exact) mass is 299 g/mol. The molecule has 114 valence electrons. The van der Waals surface area contributed by atoms with E-state index in [0.717, 1.165) is 25.2 Å². The Morgan fingerprint density at radius 3 is 2.82 bits per heavy atom. The van der Waals surface area contributed by atoms with Crippen LogP contribution in [0.4, 0.5) is 10.2 Å². The van der Waals surface area contributed by atoms with Gasteiger partial charge < -0.3 is 10.2 Å². The first-order valence-electron chi connectivity index (χ1n) is 7.45. The van der Waals surface area contributed by atoms with Crippen LogP contribution >= 0.6 is 0 Å². The highest BCUT2D eigenvalue weighted by molar-refractivity contribution is 5.94. The van der Waals surface area contributed by atoms with Crippen LogP contribution in [0.1, 0.15) is 23.2 Å². The topological polar surface area (TPSA) is 45.2 Å². The number of aromatic nitrogens is 1. The Morgan fingerprint density at radius 1 is 1.27 bits per heavy atom. The van der Waals surface area contributed by atoms with Crippen LogP contribution in [0.3, 0.4) is 0 Å². The molecule has 1 atom stereocenters. The van der Waals surface area contributed by atoms with Gasteiger partial charge in [-0.25, -0.2) is 9.37 Å². The van der Waals surface area contributed by atoms with Crippen LogP contribution in [0.2, 0.25) is 0 Å². The molecule has 3 rings (SSSR count). The van der Waals surface area contributed by atoms with Gasteiger partial charge in [-0.05, 0) is 49.2 Å². The standard InChI is InChI=1S/C17H18FN3O/c18-14-8-6-13(7-9-14)17(22)20-12-15-4-3-11-21(15)16-5-1-2-10-19-16/h1-2,5-10,15H,3-4,11-12H2,(H,20,22)/t15-/m1/s1. The van der Waals surface area contributed by atoms with Crippen LogP contribution in [0.15, 0.2) is 48.7 Å². The number of carbonyl (C=O) groups is 1. The molecule has 1 saturated heterocycles.